The summed E-state index contributed by atoms with van der Waals surface area (Å²) < 4.78 is 0. The van der Waals surface area contributed by atoms with E-state index in [1.54, 1.807) is 0 Å². The van der Waals surface area contributed by atoms with Gasteiger partial charge in [-0.25, -0.2) is 0 Å². The van der Waals surface area contributed by atoms with Crippen LogP contribution in [0.5, 0.6) is 0 Å². The molecule has 0 spiro atoms. The molecule has 0 aromatic rings. The molecule has 5 heteroatoms. The molecule has 0 radical (unpaired) electrons. The zero-order valence-electron chi connectivity index (χ0n) is 8.47. The summed E-state index contributed by atoms with van der Waals surface area (Å²) >= 11 is 16.0. The summed E-state index contributed by atoms with van der Waals surface area (Å²) in [6, 6.07) is 0. The van der Waals surface area contributed by atoms with Gasteiger partial charge in [-0.15, -0.1) is 0 Å². The van der Waals surface area contributed by atoms with Crippen molar-refractivity contribution in [3.63, 3.8) is 0 Å². The molecular formula is C10H16Br4Se. The van der Waals surface area contributed by atoms with Crippen molar-refractivity contribution in [2.75, 3.05) is 0 Å². The van der Waals surface area contributed by atoms with Crippen LogP contribution >= 0.6 is 60.1 Å². The molecule has 0 aliphatic heterocycles. The first-order valence-electron chi connectivity index (χ1n) is 5.52. The van der Waals surface area contributed by atoms with Gasteiger partial charge in [0.1, 0.15) is 0 Å². The van der Waals surface area contributed by atoms with E-state index in [4.69, 9.17) is 0 Å². The Morgan fingerprint density at radius 3 is 1.40 bits per heavy atom. The number of alkyl halides is 2. The second-order valence-corrected chi connectivity index (χ2v) is 27.4. The van der Waals surface area contributed by atoms with Gasteiger partial charge in [-0.1, -0.05) is 0 Å². The van der Waals surface area contributed by atoms with E-state index in [1.807, 2.05) is 0 Å². The Morgan fingerprint density at radius 2 is 1.13 bits per heavy atom. The third kappa shape index (κ3) is 2.89. The minimum absolute atomic E-state index is 0.747. The molecule has 2 saturated carbocycles. The van der Waals surface area contributed by atoms with Gasteiger partial charge in [0.15, 0.2) is 0 Å². The molecule has 0 amide bonds. The van der Waals surface area contributed by atoms with E-state index >= 15 is 0 Å². The number of hydrogen-bond donors (Lipinski definition) is 0. The monoisotopic (exact) mass is 532 g/mol. The van der Waals surface area contributed by atoms with Gasteiger partial charge in [-0.2, -0.15) is 0 Å². The van der Waals surface area contributed by atoms with Gasteiger partial charge in [0.2, 0.25) is 0 Å². The van der Waals surface area contributed by atoms with E-state index in [0.29, 0.717) is 0 Å². The molecule has 2 aliphatic carbocycles. The normalized spacial score (nSPS) is 43.5. The van der Waals surface area contributed by atoms with Crippen LogP contribution in [0, 0.1) is 0 Å². The second-order valence-electron chi connectivity index (χ2n) is 4.52. The fraction of sp³-hybridized carbons (Fsp3) is 1.00. The fourth-order valence-corrected chi connectivity index (χ4v) is 27.9. The van der Waals surface area contributed by atoms with Crippen LogP contribution in [0.2, 0.25) is 9.63 Å². The van der Waals surface area contributed by atoms with E-state index in [-0.39, 0.29) is 0 Å². The van der Waals surface area contributed by atoms with Gasteiger partial charge in [0, 0.05) is 0 Å². The van der Waals surface area contributed by atoms with Crippen molar-refractivity contribution >= 4 is 69.3 Å². The van der Waals surface area contributed by atoms with Crippen LogP contribution in [-0.4, -0.2) is 18.9 Å². The third-order valence-corrected chi connectivity index (χ3v) is 23.1. The summed E-state index contributed by atoms with van der Waals surface area (Å²) in [5.41, 5.74) is 0. The summed E-state index contributed by atoms with van der Waals surface area (Å²) in [7, 11) is -1.63. The summed E-state index contributed by atoms with van der Waals surface area (Å²) in [5, 5.41) is 0. The topological polar surface area (TPSA) is 0 Å². The van der Waals surface area contributed by atoms with Crippen molar-refractivity contribution in [3.05, 3.63) is 0 Å². The average molecular weight is 535 g/mol. The summed E-state index contributed by atoms with van der Waals surface area (Å²) in [6.07, 6.45) is 8.33. The Labute approximate surface area is 126 Å². The van der Waals surface area contributed by atoms with Crippen molar-refractivity contribution in [2.45, 2.75) is 57.8 Å². The summed E-state index contributed by atoms with van der Waals surface area (Å²) in [4.78, 5) is 3.25. The molecule has 90 valence electrons. The van der Waals surface area contributed by atoms with Crippen molar-refractivity contribution in [1.82, 2.24) is 0 Å². The van der Waals surface area contributed by atoms with Crippen LogP contribution in [-0.2, 0) is 0 Å². The fourth-order valence-electron chi connectivity index (χ4n) is 2.69. The van der Waals surface area contributed by atoms with Gasteiger partial charge < -0.3 is 0 Å². The molecule has 0 nitrogen and oxygen atoms in total. The van der Waals surface area contributed by atoms with E-state index in [0.717, 1.165) is 19.3 Å². The minimum atomic E-state index is -1.63. The molecule has 0 aromatic carbocycles. The quantitative estimate of drug-likeness (QED) is 0.308. The molecular weight excluding hydrogens is 519 g/mol. The molecule has 2 rings (SSSR count). The molecule has 0 bridgehead atoms. The molecule has 0 N–H and O–H groups in total. The van der Waals surface area contributed by atoms with Crippen molar-refractivity contribution in [3.8, 4) is 0 Å². The molecule has 15 heavy (non-hydrogen) atoms. The molecule has 2 fully saturated rings. The van der Waals surface area contributed by atoms with Gasteiger partial charge in [0.25, 0.3) is 0 Å². The Balaban J connectivity index is 2.10. The maximum atomic E-state index is 4.13. The first-order chi connectivity index (χ1) is 7.03. The molecule has 2 aliphatic rings. The number of hydrogen-bond acceptors (Lipinski definition) is 0. The first kappa shape index (κ1) is 13.9. The van der Waals surface area contributed by atoms with Gasteiger partial charge in [0.05, 0.1) is 0 Å². The van der Waals surface area contributed by atoms with E-state index in [1.165, 1.54) is 38.5 Å². The van der Waals surface area contributed by atoms with E-state index in [2.05, 4.69) is 60.1 Å². The van der Waals surface area contributed by atoms with Crippen LogP contribution in [0.4, 0.5) is 0 Å². The molecule has 0 unspecified atom stereocenters. The summed E-state index contributed by atoms with van der Waals surface area (Å²) in [6.45, 7) is 0. The third-order valence-electron chi connectivity index (χ3n) is 3.55. The van der Waals surface area contributed by atoms with Gasteiger partial charge in [-0.3, -0.25) is 0 Å². The van der Waals surface area contributed by atoms with Crippen LogP contribution in [0.25, 0.3) is 0 Å². The Kier molecular flexibility index (Phi) is 5.18. The van der Waals surface area contributed by atoms with Gasteiger partial charge in [-0.05, 0) is 0 Å². The SMILES string of the molecule is Br[C@H]1CCC[C@@H]1[Se](Br)(Br)[C@H]1CCC[C@@H]1Br. The van der Waals surface area contributed by atoms with Crippen LogP contribution in [0.15, 0.2) is 0 Å². The van der Waals surface area contributed by atoms with Crippen molar-refractivity contribution < 1.29 is 0 Å². The number of rotatable bonds is 2. The van der Waals surface area contributed by atoms with Crippen LogP contribution in [0.3, 0.4) is 0 Å². The van der Waals surface area contributed by atoms with Crippen LogP contribution < -0.4 is 0 Å². The average Bonchev–Trinajstić information content (AvgIpc) is 2.73. The predicted molar refractivity (Wildman–Crippen MR) is 84.2 cm³/mol. The maximum absolute atomic E-state index is 4.13. The van der Waals surface area contributed by atoms with Crippen LogP contribution in [0.1, 0.15) is 38.5 Å². The number of halogens is 4. The molecule has 4 atom stereocenters. The summed E-state index contributed by atoms with van der Waals surface area (Å²) in [5.74, 6) is 0. The van der Waals surface area contributed by atoms with Crippen molar-refractivity contribution in [1.29, 1.82) is 0 Å². The molecule has 0 aromatic heterocycles. The Morgan fingerprint density at radius 1 is 0.733 bits per heavy atom. The van der Waals surface area contributed by atoms with Crippen molar-refractivity contribution in [2.24, 2.45) is 0 Å². The predicted octanol–water partition coefficient (Wildman–Crippen LogP) is 5.85. The van der Waals surface area contributed by atoms with E-state index < -0.39 is 9.23 Å². The molecule has 0 heterocycles. The Hall–Kier alpha value is 2.44. The Bertz CT molecular complexity index is 211. The standard InChI is InChI=1S/C10H16Br4Se/c11-7-3-1-5-9(7)15(13,14)10-6-2-4-8(10)12/h7-10H,1-6H2/t7-,8-,9-,10-/m0/s1. The zero-order valence-corrected chi connectivity index (χ0v) is 16.5. The van der Waals surface area contributed by atoms with Gasteiger partial charge >= 0.3 is 127 Å². The zero-order chi connectivity index (χ0) is 11.1. The van der Waals surface area contributed by atoms with E-state index in [9.17, 15) is 0 Å². The molecule has 0 saturated heterocycles. The second kappa shape index (κ2) is 5.61. The first-order valence-corrected chi connectivity index (χ1v) is 17.3.